The van der Waals surface area contributed by atoms with E-state index >= 15 is 0 Å². The molecule has 1 heterocycles. The van der Waals surface area contributed by atoms with Gasteiger partial charge in [-0.3, -0.25) is 4.79 Å². The first kappa shape index (κ1) is 15.4. The maximum Gasteiger partial charge on any atom is 0.322 e. The van der Waals surface area contributed by atoms with Crippen LogP contribution in [0.2, 0.25) is 0 Å². The van der Waals surface area contributed by atoms with Gasteiger partial charge in [0.1, 0.15) is 0 Å². The van der Waals surface area contributed by atoms with Crippen LogP contribution < -0.4 is 5.32 Å². The van der Waals surface area contributed by atoms with Crippen LogP contribution in [0.1, 0.15) is 38.7 Å². The van der Waals surface area contributed by atoms with Crippen LogP contribution in [-0.2, 0) is 11.2 Å². The lowest BCUT2D eigenvalue weighted by Crippen LogP contribution is -2.49. The molecule has 0 radical (unpaired) electrons. The van der Waals surface area contributed by atoms with E-state index in [2.05, 4.69) is 19.2 Å². The summed E-state index contributed by atoms with van der Waals surface area (Å²) < 4.78 is 0. The van der Waals surface area contributed by atoms with Gasteiger partial charge in [0.25, 0.3) is 0 Å². The average molecular weight is 290 g/mol. The van der Waals surface area contributed by atoms with E-state index in [-0.39, 0.29) is 24.5 Å². The van der Waals surface area contributed by atoms with Gasteiger partial charge in [0.2, 0.25) is 0 Å². The van der Waals surface area contributed by atoms with Crippen molar-refractivity contribution < 1.29 is 14.7 Å². The first-order valence-electron chi connectivity index (χ1n) is 7.37. The van der Waals surface area contributed by atoms with E-state index in [0.717, 1.165) is 19.3 Å². The lowest BCUT2D eigenvalue weighted by molar-refractivity contribution is -0.136. The van der Waals surface area contributed by atoms with Crippen molar-refractivity contribution in [3.8, 4) is 0 Å². The maximum atomic E-state index is 12.4. The van der Waals surface area contributed by atoms with Gasteiger partial charge in [-0.05, 0) is 50.8 Å². The van der Waals surface area contributed by atoms with Crippen molar-refractivity contribution in [1.29, 1.82) is 0 Å². The van der Waals surface area contributed by atoms with Crippen molar-refractivity contribution in [3.63, 3.8) is 0 Å². The molecule has 0 aliphatic carbocycles. The van der Waals surface area contributed by atoms with Crippen LogP contribution >= 0.6 is 0 Å². The van der Waals surface area contributed by atoms with E-state index in [1.807, 2.05) is 4.90 Å². The Morgan fingerprint density at radius 1 is 1.29 bits per heavy atom. The molecule has 0 aromatic heterocycles. The zero-order valence-electron chi connectivity index (χ0n) is 12.5. The number of hydrogen-bond acceptors (Lipinski definition) is 2. The largest absolute Gasteiger partial charge is 0.481 e. The molecule has 1 saturated heterocycles. The van der Waals surface area contributed by atoms with Gasteiger partial charge in [-0.25, -0.2) is 4.79 Å². The van der Waals surface area contributed by atoms with Crippen molar-refractivity contribution in [1.82, 2.24) is 4.90 Å². The normalized spacial score (nSPS) is 21.9. The van der Waals surface area contributed by atoms with E-state index < -0.39 is 5.97 Å². The second-order valence-corrected chi connectivity index (χ2v) is 5.74. The molecule has 2 atom stereocenters. The van der Waals surface area contributed by atoms with E-state index in [9.17, 15) is 9.59 Å². The summed E-state index contributed by atoms with van der Waals surface area (Å²) in [5, 5.41) is 11.7. The monoisotopic (exact) mass is 290 g/mol. The van der Waals surface area contributed by atoms with E-state index in [1.54, 1.807) is 24.3 Å². The summed E-state index contributed by atoms with van der Waals surface area (Å²) in [7, 11) is 0. The number of nitrogens with one attached hydrogen (secondary N) is 1. The van der Waals surface area contributed by atoms with Crippen LogP contribution in [0.3, 0.4) is 0 Å². The molecule has 2 rings (SSSR count). The molecule has 2 amide bonds. The molecular weight excluding hydrogens is 268 g/mol. The fourth-order valence-corrected chi connectivity index (χ4v) is 2.94. The number of piperidine rings is 1. The second kappa shape index (κ2) is 6.61. The van der Waals surface area contributed by atoms with Crippen molar-refractivity contribution in [3.05, 3.63) is 29.8 Å². The predicted molar refractivity (Wildman–Crippen MR) is 81.4 cm³/mol. The zero-order chi connectivity index (χ0) is 15.4. The molecule has 114 valence electrons. The zero-order valence-corrected chi connectivity index (χ0v) is 12.5. The summed E-state index contributed by atoms with van der Waals surface area (Å²) in [6.07, 6.45) is 3.16. The fourth-order valence-electron chi connectivity index (χ4n) is 2.94. The van der Waals surface area contributed by atoms with Crippen LogP contribution in [-0.4, -0.2) is 34.1 Å². The Morgan fingerprint density at radius 2 is 1.95 bits per heavy atom. The highest BCUT2D eigenvalue weighted by Gasteiger charge is 2.28. The van der Waals surface area contributed by atoms with Crippen molar-refractivity contribution in [2.24, 2.45) is 0 Å². The number of hydrogen-bond donors (Lipinski definition) is 2. The van der Waals surface area contributed by atoms with Gasteiger partial charge in [0.15, 0.2) is 0 Å². The molecular formula is C16H22N2O3. The van der Waals surface area contributed by atoms with Crippen molar-refractivity contribution in [2.75, 3.05) is 5.32 Å². The van der Waals surface area contributed by atoms with E-state index in [0.29, 0.717) is 11.3 Å². The Morgan fingerprint density at radius 3 is 2.57 bits per heavy atom. The second-order valence-electron chi connectivity index (χ2n) is 5.74. The number of benzene rings is 1. The van der Waals surface area contributed by atoms with Crippen molar-refractivity contribution >= 4 is 17.7 Å². The Balaban J connectivity index is 2.06. The third kappa shape index (κ3) is 3.97. The maximum absolute atomic E-state index is 12.4. The summed E-state index contributed by atoms with van der Waals surface area (Å²) >= 11 is 0. The highest BCUT2D eigenvalue weighted by molar-refractivity contribution is 5.90. The third-order valence-corrected chi connectivity index (χ3v) is 3.96. The third-order valence-electron chi connectivity index (χ3n) is 3.96. The number of nitrogens with zero attached hydrogens (tertiary/aromatic N) is 1. The van der Waals surface area contributed by atoms with E-state index in [1.165, 1.54) is 0 Å². The molecule has 0 bridgehead atoms. The summed E-state index contributed by atoms with van der Waals surface area (Å²) in [6, 6.07) is 7.36. The molecule has 2 N–H and O–H groups in total. The molecule has 1 aliphatic rings. The molecule has 5 heteroatoms. The minimum atomic E-state index is -0.878. The number of anilines is 1. The number of carbonyl (C=O) groups is 2. The summed E-state index contributed by atoms with van der Waals surface area (Å²) in [6.45, 7) is 4.13. The Hall–Kier alpha value is -2.04. The first-order chi connectivity index (χ1) is 9.97. The van der Waals surface area contributed by atoms with Crippen molar-refractivity contribution in [2.45, 2.75) is 51.6 Å². The molecule has 5 nitrogen and oxygen atoms in total. The molecule has 1 aliphatic heterocycles. The molecule has 1 aromatic carbocycles. The van der Waals surface area contributed by atoms with Crippen LogP contribution in [0.15, 0.2) is 24.3 Å². The molecule has 1 aromatic rings. The smallest absolute Gasteiger partial charge is 0.322 e. The molecule has 2 unspecified atom stereocenters. The van der Waals surface area contributed by atoms with Gasteiger partial charge >= 0.3 is 12.0 Å². The summed E-state index contributed by atoms with van der Waals surface area (Å²) in [5.74, 6) is -0.878. The quantitative estimate of drug-likeness (QED) is 0.898. The predicted octanol–water partition coefficient (Wildman–Crippen LogP) is 3.11. The Labute approximate surface area is 125 Å². The topological polar surface area (TPSA) is 69.6 Å². The highest BCUT2D eigenvalue weighted by Crippen LogP contribution is 2.23. The molecule has 0 spiro atoms. The number of carbonyl (C=O) groups excluding carboxylic acids is 1. The fraction of sp³-hybridized carbons (Fsp3) is 0.500. The number of likely N-dealkylation sites (tertiary alicyclic amines) is 1. The number of aliphatic carboxylic acids is 1. The van der Waals surface area contributed by atoms with Gasteiger partial charge < -0.3 is 15.3 Å². The number of amides is 2. The van der Waals surface area contributed by atoms with Crippen LogP contribution in [0.4, 0.5) is 10.5 Å². The van der Waals surface area contributed by atoms with Gasteiger partial charge in [0.05, 0.1) is 6.42 Å². The van der Waals surface area contributed by atoms with Gasteiger partial charge in [-0.2, -0.15) is 0 Å². The molecule has 1 fully saturated rings. The van der Waals surface area contributed by atoms with Crippen LogP contribution in [0.5, 0.6) is 0 Å². The number of carboxylic acid groups (broad SMARTS) is 1. The Kier molecular flexibility index (Phi) is 4.83. The van der Waals surface area contributed by atoms with Gasteiger partial charge in [-0.1, -0.05) is 12.1 Å². The number of urea groups is 1. The minimum Gasteiger partial charge on any atom is -0.481 e. The lowest BCUT2D eigenvalue weighted by Gasteiger charge is -2.38. The van der Waals surface area contributed by atoms with E-state index in [4.69, 9.17) is 5.11 Å². The summed E-state index contributed by atoms with van der Waals surface area (Å²) in [5.41, 5.74) is 1.32. The number of carboxylic acids is 1. The number of rotatable bonds is 3. The Bertz CT molecular complexity index is 520. The lowest BCUT2D eigenvalue weighted by atomic mass is 9.98. The molecule has 21 heavy (non-hydrogen) atoms. The van der Waals surface area contributed by atoms with Crippen LogP contribution in [0, 0.1) is 0 Å². The van der Waals surface area contributed by atoms with Gasteiger partial charge in [-0.15, -0.1) is 0 Å². The molecule has 0 saturated carbocycles. The SMILES string of the molecule is CC1CCCC(C)N1C(=O)Nc1cccc(CC(=O)O)c1. The summed E-state index contributed by atoms with van der Waals surface area (Å²) in [4.78, 5) is 25.0. The average Bonchev–Trinajstić information content (AvgIpc) is 2.37. The van der Waals surface area contributed by atoms with Gasteiger partial charge in [0, 0.05) is 17.8 Å². The van der Waals surface area contributed by atoms with Crippen LogP contribution in [0.25, 0.3) is 0 Å². The first-order valence-corrected chi connectivity index (χ1v) is 7.37. The minimum absolute atomic E-state index is 0.0414. The highest BCUT2D eigenvalue weighted by atomic mass is 16.4. The standard InChI is InChI=1S/C16H22N2O3/c1-11-5-3-6-12(2)18(11)16(21)17-14-8-4-7-13(9-14)10-15(19)20/h4,7-9,11-12H,3,5-6,10H2,1-2H3,(H,17,21)(H,19,20).